The predicted octanol–water partition coefficient (Wildman–Crippen LogP) is 2.58. The van der Waals surface area contributed by atoms with Gasteiger partial charge in [-0.1, -0.05) is 13.0 Å². The van der Waals surface area contributed by atoms with E-state index in [1.54, 1.807) is 18.6 Å². The van der Waals surface area contributed by atoms with Crippen molar-refractivity contribution in [3.8, 4) is 0 Å². The van der Waals surface area contributed by atoms with Crippen molar-refractivity contribution in [1.82, 2.24) is 9.97 Å². The van der Waals surface area contributed by atoms with Crippen LogP contribution < -0.4 is 0 Å². The highest BCUT2D eigenvalue weighted by Crippen LogP contribution is 2.12. The summed E-state index contributed by atoms with van der Waals surface area (Å²) in [4.78, 5) is 20.5. The molecular formula is C14H14N2O. The van der Waals surface area contributed by atoms with Crippen LogP contribution >= 0.6 is 0 Å². The Kier molecular flexibility index (Phi) is 3.28. The molecule has 0 aromatic carbocycles. The minimum absolute atomic E-state index is 0.0568. The smallest absolute Gasteiger partial charge is 0.213 e. The number of carbonyl (C=O) groups excluding carboxylic acids is 1. The van der Waals surface area contributed by atoms with Gasteiger partial charge in [0, 0.05) is 24.2 Å². The van der Waals surface area contributed by atoms with Gasteiger partial charge in [0.05, 0.1) is 0 Å². The van der Waals surface area contributed by atoms with Gasteiger partial charge in [0.15, 0.2) is 0 Å². The average molecular weight is 226 g/mol. The van der Waals surface area contributed by atoms with E-state index in [-0.39, 0.29) is 5.78 Å². The molecule has 0 aliphatic heterocycles. The lowest BCUT2D eigenvalue weighted by Crippen LogP contribution is -2.08. The maximum absolute atomic E-state index is 12.3. The number of carbonyl (C=O) groups is 1. The first kappa shape index (κ1) is 11.5. The second-order valence-electron chi connectivity index (χ2n) is 3.94. The van der Waals surface area contributed by atoms with E-state index in [1.807, 2.05) is 32.0 Å². The third-order valence-corrected chi connectivity index (χ3v) is 2.62. The zero-order valence-electron chi connectivity index (χ0n) is 9.97. The van der Waals surface area contributed by atoms with E-state index < -0.39 is 0 Å². The highest BCUT2D eigenvalue weighted by Gasteiger charge is 2.14. The largest absolute Gasteiger partial charge is 0.287 e. The maximum Gasteiger partial charge on any atom is 0.213 e. The van der Waals surface area contributed by atoms with Crippen LogP contribution in [0.15, 0.2) is 36.8 Å². The van der Waals surface area contributed by atoms with Gasteiger partial charge in [-0.15, -0.1) is 0 Å². The van der Waals surface area contributed by atoms with Gasteiger partial charge in [-0.25, -0.2) is 0 Å². The fourth-order valence-electron chi connectivity index (χ4n) is 1.74. The van der Waals surface area contributed by atoms with Crippen LogP contribution in [0.2, 0.25) is 0 Å². The first-order chi connectivity index (χ1) is 8.22. The molecule has 2 aromatic heterocycles. The van der Waals surface area contributed by atoms with Gasteiger partial charge in [0.25, 0.3) is 0 Å². The summed E-state index contributed by atoms with van der Waals surface area (Å²) in [6.45, 7) is 3.94. The number of nitrogens with zero attached hydrogens (tertiary/aromatic N) is 2. The third kappa shape index (κ3) is 2.38. The Morgan fingerprint density at radius 2 is 2.18 bits per heavy atom. The van der Waals surface area contributed by atoms with E-state index >= 15 is 0 Å². The fourth-order valence-corrected chi connectivity index (χ4v) is 1.74. The molecule has 0 saturated carbocycles. The van der Waals surface area contributed by atoms with Crippen LogP contribution in [0.3, 0.4) is 0 Å². The molecular weight excluding hydrogens is 212 g/mol. The lowest BCUT2D eigenvalue weighted by Gasteiger charge is -2.05. The molecule has 0 radical (unpaired) electrons. The predicted molar refractivity (Wildman–Crippen MR) is 66.0 cm³/mol. The van der Waals surface area contributed by atoms with E-state index in [0.29, 0.717) is 11.3 Å². The van der Waals surface area contributed by atoms with Crippen molar-refractivity contribution in [3.63, 3.8) is 0 Å². The number of hydrogen-bond donors (Lipinski definition) is 0. The summed E-state index contributed by atoms with van der Waals surface area (Å²) in [5, 5.41) is 0. The molecule has 0 unspecified atom stereocenters. The zero-order valence-corrected chi connectivity index (χ0v) is 9.97. The number of hydrogen-bond acceptors (Lipinski definition) is 3. The Bertz CT molecular complexity index is 549. The van der Waals surface area contributed by atoms with Crippen molar-refractivity contribution in [1.29, 1.82) is 0 Å². The summed E-state index contributed by atoms with van der Waals surface area (Å²) in [6, 6.07) is 5.62. The molecule has 0 aliphatic carbocycles. The molecule has 0 aliphatic rings. The summed E-state index contributed by atoms with van der Waals surface area (Å²) in [7, 11) is 0. The van der Waals surface area contributed by atoms with E-state index in [2.05, 4.69) is 9.97 Å². The van der Waals surface area contributed by atoms with Crippen LogP contribution in [0.25, 0.3) is 0 Å². The van der Waals surface area contributed by atoms with Gasteiger partial charge < -0.3 is 0 Å². The molecule has 0 amide bonds. The number of aryl methyl sites for hydroxylation is 2. The highest BCUT2D eigenvalue weighted by atomic mass is 16.1. The second-order valence-corrected chi connectivity index (χ2v) is 3.94. The SMILES string of the molecule is CCc1cccnc1C(=O)c1cncc(C)c1. The molecule has 86 valence electrons. The van der Waals surface area contributed by atoms with Gasteiger partial charge in [-0.05, 0) is 36.6 Å². The quantitative estimate of drug-likeness (QED) is 0.755. The number of aromatic nitrogens is 2. The highest BCUT2D eigenvalue weighted by molar-refractivity contribution is 6.08. The summed E-state index contributed by atoms with van der Waals surface area (Å²) in [5.74, 6) is -0.0568. The number of rotatable bonds is 3. The molecule has 2 heterocycles. The first-order valence-corrected chi connectivity index (χ1v) is 5.62. The molecule has 0 saturated heterocycles. The van der Waals surface area contributed by atoms with Crippen molar-refractivity contribution < 1.29 is 4.79 Å². The first-order valence-electron chi connectivity index (χ1n) is 5.62. The molecule has 0 spiro atoms. The third-order valence-electron chi connectivity index (χ3n) is 2.62. The molecule has 3 heteroatoms. The molecule has 0 N–H and O–H groups in total. The van der Waals surface area contributed by atoms with E-state index in [0.717, 1.165) is 17.5 Å². The van der Waals surface area contributed by atoms with Crippen LogP contribution in [-0.4, -0.2) is 15.8 Å². The van der Waals surface area contributed by atoms with E-state index in [4.69, 9.17) is 0 Å². The topological polar surface area (TPSA) is 42.9 Å². The van der Waals surface area contributed by atoms with Gasteiger partial charge in [0.1, 0.15) is 5.69 Å². The minimum Gasteiger partial charge on any atom is -0.287 e. The van der Waals surface area contributed by atoms with Crippen LogP contribution in [-0.2, 0) is 6.42 Å². The van der Waals surface area contributed by atoms with E-state index in [1.165, 1.54) is 0 Å². The summed E-state index contributed by atoms with van der Waals surface area (Å²) >= 11 is 0. The summed E-state index contributed by atoms with van der Waals surface area (Å²) in [6.07, 6.45) is 5.77. The van der Waals surface area contributed by atoms with Crippen LogP contribution in [0.1, 0.15) is 34.1 Å². The average Bonchev–Trinajstić information content (AvgIpc) is 2.38. The normalized spacial score (nSPS) is 10.2. The Balaban J connectivity index is 2.44. The van der Waals surface area contributed by atoms with Gasteiger partial charge in [0.2, 0.25) is 5.78 Å². The van der Waals surface area contributed by atoms with Crippen molar-refractivity contribution in [2.45, 2.75) is 20.3 Å². The molecule has 2 aromatic rings. The molecule has 3 nitrogen and oxygen atoms in total. The van der Waals surface area contributed by atoms with Crippen LogP contribution in [0.5, 0.6) is 0 Å². The Labute approximate surface area is 101 Å². The zero-order chi connectivity index (χ0) is 12.3. The molecule has 0 fully saturated rings. The Morgan fingerprint density at radius 3 is 2.88 bits per heavy atom. The lowest BCUT2D eigenvalue weighted by atomic mass is 10.0. The van der Waals surface area contributed by atoms with E-state index in [9.17, 15) is 4.79 Å². The van der Waals surface area contributed by atoms with Gasteiger partial charge >= 0.3 is 0 Å². The molecule has 17 heavy (non-hydrogen) atoms. The summed E-state index contributed by atoms with van der Waals surface area (Å²) < 4.78 is 0. The standard InChI is InChI=1S/C14H14N2O/c1-3-11-5-4-6-16-13(11)14(17)12-7-10(2)8-15-9-12/h4-9H,3H2,1-2H3. The number of ketones is 1. The second kappa shape index (κ2) is 4.87. The minimum atomic E-state index is -0.0568. The molecule has 2 rings (SSSR count). The van der Waals surface area contributed by atoms with Crippen LogP contribution in [0.4, 0.5) is 0 Å². The lowest BCUT2D eigenvalue weighted by molar-refractivity contribution is 0.103. The maximum atomic E-state index is 12.3. The monoisotopic (exact) mass is 226 g/mol. The van der Waals surface area contributed by atoms with Gasteiger partial charge in [-0.3, -0.25) is 14.8 Å². The summed E-state index contributed by atoms with van der Waals surface area (Å²) in [5.41, 5.74) is 3.07. The molecule has 0 bridgehead atoms. The van der Waals surface area contributed by atoms with Crippen LogP contribution in [0, 0.1) is 6.92 Å². The number of pyridine rings is 2. The van der Waals surface area contributed by atoms with Crippen molar-refractivity contribution >= 4 is 5.78 Å². The van der Waals surface area contributed by atoms with Crippen molar-refractivity contribution in [3.05, 3.63) is 59.2 Å². The molecule has 0 atom stereocenters. The fraction of sp³-hybridized carbons (Fsp3) is 0.214. The van der Waals surface area contributed by atoms with Crippen molar-refractivity contribution in [2.75, 3.05) is 0 Å². The van der Waals surface area contributed by atoms with Gasteiger partial charge in [-0.2, -0.15) is 0 Å². The Morgan fingerprint density at radius 1 is 1.35 bits per heavy atom. The Hall–Kier alpha value is -2.03. The van der Waals surface area contributed by atoms with Crippen molar-refractivity contribution in [2.24, 2.45) is 0 Å².